The summed E-state index contributed by atoms with van der Waals surface area (Å²) >= 11 is 1.55. The Kier molecular flexibility index (Phi) is 5.56. The first kappa shape index (κ1) is 17.4. The topological polar surface area (TPSA) is 58.6 Å². The third-order valence-corrected chi connectivity index (χ3v) is 5.98. The molecule has 0 saturated carbocycles. The van der Waals surface area contributed by atoms with Crippen LogP contribution in [0.15, 0.2) is 0 Å². The summed E-state index contributed by atoms with van der Waals surface area (Å²) in [6, 6.07) is 0. The molecular formula is C18H26N2O3S. The lowest BCUT2D eigenvalue weighted by Crippen LogP contribution is -2.31. The fraction of sp³-hybridized carbons (Fsp3) is 0.667. The summed E-state index contributed by atoms with van der Waals surface area (Å²) in [4.78, 5) is 28.2. The summed E-state index contributed by atoms with van der Waals surface area (Å²) < 4.78 is 5.24. The number of nitrogens with one attached hydrogen (secondary N) is 1. The number of rotatable bonds is 5. The molecule has 1 aromatic heterocycles. The van der Waals surface area contributed by atoms with Crippen LogP contribution in [-0.2, 0) is 22.4 Å². The molecule has 1 aromatic rings. The van der Waals surface area contributed by atoms with Gasteiger partial charge in [-0.25, -0.2) is 4.79 Å². The molecule has 0 radical (unpaired) electrons. The monoisotopic (exact) mass is 350 g/mol. The Hall–Kier alpha value is -1.40. The average molecular weight is 350 g/mol. The van der Waals surface area contributed by atoms with E-state index in [1.807, 2.05) is 6.92 Å². The molecule has 1 atom stereocenters. The molecule has 2 heterocycles. The predicted molar refractivity (Wildman–Crippen MR) is 95.8 cm³/mol. The molecule has 2 aliphatic rings. The van der Waals surface area contributed by atoms with Crippen molar-refractivity contribution in [3.63, 3.8) is 0 Å². The highest BCUT2D eigenvalue weighted by atomic mass is 32.1. The molecule has 1 amide bonds. The Morgan fingerprint density at radius 1 is 1.33 bits per heavy atom. The Morgan fingerprint density at radius 2 is 2.08 bits per heavy atom. The molecule has 24 heavy (non-hydrogen) atoms. The van der Waals surface area contributed by atoms with Crippen molar-refractivity contribution < 1.29 is 14.3 Å². The van der Waals surface area contributed by atoms with Crippen LogP contribution in [0.5, 0.6) is 0 Å². The van der Waals surface area contributed by atoms with E-state index < -0.39 is 0 Å². The largest absolute Gasteiger partial charge is 0.462 e. The van der Waals surface area contributed by atoms with Gasteiger partial charge in [0.05, 0.1) is 18.7 Å². The minimum absolute atomic E-state index is 0.0332. The van der Waals surface area contributed by atoms with E-state index in [2.05, 4.69) is 17.1 Å². The summed E-state index contributed by atoms with van der Waals surface area (Å²) in [5.41, 5.74) is 1.69. The van der Waals surface area contributed by atoms with Gasteiger partial charge < -0.3 is 10.1 Å². The van der Waals surface area contributed by atoms with E-state index in [4.69, 9.17) is 4.74 Å². The van der Waals surface area contributed by atoms with Crippen molar-refractivity contribution in [3.8, 4) is 0 Å². The number of thiophene rings is 1. The van der Waals surface area contributed by atoms with Crippen LogP contribution in [0.1, 0.15) is 53.9 Å². The molecule has 0 spiro atoms. The van der Waals surface area contributed by atoms with Gasteiger partial charge in [-0.3, -0.25) is 9.69 Å². The van der Waals surface area contributed by atoms with Crippen LogP contribution in [0.2, 0.25) is 0 Å². The van der Waals surface area contributed by atoms with Crippen molar-refractivity contribution in [2.45, 2.75) is 46.0 Å². The summed E-state index contributed by atoms with van der Waals surface area (Å²) in [6.45, 7) is 6.76. The van der Waals surface area contributed by atoms with Crippen molar-refractivity contribution in [1.82, 2.24) is 4.90 Å². The van der Waals surface area contributed by atoms with E-state index in [-0.39, 0.29) is 11.9 Å². The first-order valence-electron chi connectivity index (χ1n) is 8.92. The van der Waals surface area contributed by atoms with Gasteiger partial charge in [0.1, 0.15) is 5.00 Å². The minimum Gasteiger partial charge on any atom is -0.462 e. The van der Waals surface area contributed by atoms with Crippen LogP contribution in [0.3, 0.4) is 0 Å². The Balaban J connectivity index is 1.80. The summed E-state index contributed by atoms with van der Waals surface area (Å²) in [5, 5.41) is 3.66. The number of carbonyl (C=O) groups excluding carboxylic acids is 2. The fourth-order valence-corrected chi connectivity index (χ4v) is 4.98. The van der Waals surface area contributed by atoms with Gasteiger partial charge in [0.15, 0.2) is 0 Å². The van der Waals surface area contributed by atoms with Crippen LogP contribution in [0, 0.1) is 5.92 Å². The lowest BCUT2D eigenvalue weighted by Gasteiger charge is -2.18. The zero-order valence-corrected chi connectivity index (χ0v) is 15.3. The molecule has 6 heteroatoms. The van der Waals surface area contributed by atoms with Gasteiger partial charge in [-0.2, -0.15) is 0 Å². The van der Waals surface area contributed by atoms with E-state index in [1.54, 1.807) is 11.3 Å². The SMILES string of the molecule is CCOC(=O)c1c(NC(=O)CN2CCCC2)sc2c1CC[C@H](C)C2. The van der Waals surface area contributed by atoms with E-state index in [0.29, 0.717) is 29.6 Å². The number of fused-ring (bicyclic) bond motifs is 1. The Morgan fingerprint density at radius 3 is 2.79 bits per heavy atom. The Labute approximate surface area is 147 Å². The quantitative estimate of drug-likeness (QED) is 0.829. The maximum Gasteiger partial charge on any atom is 0.341 e. The average Bonchev–Trinajstić information content (AvgIpc) is 3.14. The first-order valence-corrected chi connectivity index (χ1v) is 9.74. The highest BCUT2D eigenvalue weighted by Gasteiger charge is 2.29. The number of hydrogen-bond acceptors (Lipinski definition) is 5. The second-order valence-corrected chi connectivity index (χ2v) is 7.91. The van der Waals surface area contributed by atoms with Crippen LogP contribution in [-0.4, -0.2) is 43.0 Å². The maximum absolute atomic E-state index is 12.4. The van der Waals surface area contributed by atoms with Crippen LogP contribution in [0.25, 0.3) is 0 Å². The zero-order valence-electron chi connectivity index (χ0n) is 14.5. The number of nitrogens with zero attached hydrogens (tertiary/aromatic N) is 1. The molecule has 1 aliphatic heterocycles. The molecule has 1 aliphatic carbocycles. The first-order chi connectivity index (χ1) is 11.6. The van der Waals surface area contributed by atoms with Crippen LogP contribution < -0.4 is 5.32 Å². The van der Waals surface area contributed by atoms with Gasteiger partial charge in [-0.15, -0.1) is 11.3 Å². The van der Waals surface area contributed by atoms with E-state index >= 15 is 0 Å². The Bertz CT molecular complexity index is 620. The predicted octanol–water partition coefficient (Wildman–Crippen LogP) is 3.08. The van der Waals surface area contributed by atoms with Crippen molar-refractivity contribution >= 4 is 28.2 Å². The molecule has 132 valence electrons. The molecular weight excluding hydrogens is 324 g/mol. The molecule has 1 saturated heterocycles. The maximum atomic E-state index is 12.4. The normalized spacial score (nSPS) is 20.7. The summed E-state index contributed by atoms with van der Waals surface area (Å²) in [7, 11) is 0. The van der Waals surface area contributed by atoms with E-state index in [9.17, 15) is 9.59 Å². The van der Waals surface area contributed by atoms with E-state index in [1.165, 1.54) is 4.88 Å². The lowest BCUT2D eigenvalue weighted by atomic mass is 9.88. The highest BCUT2D eigenvalue weighted by molar-refractivity contribution is 7.17. The highest BCUT2D eigenvalue weighted by Crippen LogP contribution is 2.40. The third kappa shape index (κ3) is 3.81. The van der Waals surface area contributed by atoms with Crippen molar-refractivity contribution in [1.29, 1.82) is 0 Å². The van der Waals surface area contributed by atoms with Gasteiger partial charge in [0.25, 0.3) is 0 Å². The minimum atomic E-state index is -0.305. The lowest BCUT2D eigenvalue weighted by molar-refractivity contribution is -0.117. The number of likely N-dealkylation sites (tertiary alicyclic amines) is 1. The summed E-state index contributed by atoms with van der Waals surface area (Å²) in [5.74, 6) is 0.287. The standard InChI is InChI=1S/C18H26N2O3S/c1-3-23-18(22)16-13-7-6-12(2)10-14(13)24-17(16)19-15(21)11-20-8-4-5-9-20/h12H,3-11H2,1-2H3,(H,19,21)/t12-/m0/s1. The molecule has 1 fully saturated rings. The van der Waals surface area contributed by atoms with Crippen molar-refractivity contribution in [2.24, 2.45) is 5.92 Å². The second-order valence-electron chi connectivity index (χ2n) is 6.81. The van der Waals surface area contributed by atoms with Gasteiger partial charge >= 0.3 is 5.97 Å². The smallest absolute Gasteiger partial charge is 0.341 e. The van der Waals surface area contributed by atoms with Crippen molar-refractivity contribution in [2.75, 3.05) is 31.6 Å². The number of esters is 1. The molecule has 0 aromatic carbocycles. The number of anilines is 1. The zero-order chi connectivity index (χ0) is 17.1. The fourth-order valence-electron chi connectivity index (χ4n) is 3.57. The summed E-state index contributed by atoms with van der Waals surface area (Å²) in [6.07, 6.45) is 5.27. The second kappa shape index (κ2) is 7.66. The van der Waals surface area contributed by atoms with Crippen LogP contribution in [0.4, 0.5) is 5.00 Å². The molecule has 3 rings (SSSR count). The molecule has 5 nitrogen and oxygen atoms in total. The number of hydrogen-bond donors (Lipinski definition) is 1. The number of ether oxygens (including phenoxy) is 1. The molecule has 0 bridgehead atoms. The number of amides is 1. The van der Waals surface area contributed by atoms with Gasteiger partial charge in [-0.1, -0.05) is 6.92 Å². The van der Waals surface area contributed by atoms with Gasteiger partial charge in [0.2, 0.25) is 5.91 Å². The number of carbonyl (C=O) groups is 2. The molecule has 1 N–H and O–H groups in total. The van der Waals surface area contributed by atoms with Crippen LogP contribution >= 0.6 is 11.3 Å². The third-order valence-electron chi connectivity index (χ3n) is 4.81. The molecule has 0 unspecified atom stereocenters. The van der Waals surface area contributed by atoms with Gasteiger partial charge in [0, 0.05) is 4.88 Å². The van der Waals surface area contributed by atoms with Gasteiger partial charge in [-0.05, 0) is 63.6 Å². The van der Waals surface area contributed by atoms with E-state index in [0.717, 1.165) is 50.8 Å². The van der Waals surface area contributed by atoms with Crippen molar-refractivity contribution in [3.05, 3.63) is 16.0 Å².